The number of carbonyl (C=O) groups excluding carboxylic acids is 1. The van der Waals surface area contributed by atoms with E-state index in [1.165, 1.54) is 15.7 Å². The van der Waals surface area contributed by atoms with Crippen molar-refractivity contribution in [1.29, 1.82) is 0 Å². The molecule has 0 bridgehead atoms. The number of aryl methyl sites for hydroxylation is 1. The summed E-state index contributed by atoms with van der Waals surface area (Å²) in [5, 5.41) is 0. The predicted molar refractivity (Wildman–Crippen MR) is 64.6 cm³/mol. The molecule has 0 atom stereocenters. The lowest BCUT2D eigenvalue weighted by Crippen LogP contribution is -2.34. The van der Waals surface area contributed by atoms with Crippen LogP contribution in [0.2, 0.25) is 0 Å². The van der Waals surface area contributed by atoms with Crippen LogP contribution in [0.5, 0.6) is 0 Å². The number of amides is 1. The van der Waals surface area contributed by atoms with E-state index in [1.807, 2.05) is 22.6 Å². The van der Waals surface area contributed by atoms with E-state index in [2.05, 4.69) is 4.98 Å². The molecule has 0 aliphatic rings. The Labute approximate surface area is 101 Å². The first kappa shape index (κ1) is 12.2. The van der Waals surface area contributed by atoms with Gasteiger partial charge < -0.3 is 4.90 Å². The van der Waals surface area contributed by atoms with E-state index < -0.39 is 0 Å². The molecule has 0 radical (unpaired) electrons. The van der Waals surface area contributed by atoms with Crippen LogP contribution >= 0.6 is 22.6 Å². The lowest BCUT2D eigenvalue weighted by atomic mass is 10.4. The predicted octanol–water partition coefficient (Wildman–Crippen LogP) is 0.245. The normalized spacial score (nSPS) is 10.1. The van der Waals surface area contributed by atoms with Crippen molar-refractivity contribution in [3.8, 4) is 0 Å². The van der Waals surface area contributed by atoms with Crippen LogP contribution in [0.4, 0.5) is 0 Å². The highest BCUT2D eigenvalue weighted by Crippen LogP contribution is 1.98. The van der Waals surface area contributed by atoms with E-state index in [4.69, 9.17) is 0 Å². The molecule has 0 fully saturated rings. The number of nitrogens with zero attached hydrogens (tertiary/aromatic N) is 3. The van der Waals surface area contributed by atoms with Gasteiger partial charge in [-0.15, -0.1) is 0 Å². The molecular formula is C9H12IN3O2. The van der Waals surface area contributed by atoms with Gasteiger partial charge in [-0.2, -0.15) is 0 Å². The van der Waals surface area contributed by atoms with E-state index in [9.17, 15) is 9.59 Å². The Morgan fingerprint density at radius 2 is 2.20 bits per heavy atom. The van der Waals surface area contributed by atoms with Crippen molar-refractivity contribution in [2.45, 2.75) is 13.5 Å². The van der Waals surface area contributed by atoms with Crippen molar-refractivity contribution in [2.24, 2.45) is 0 Å². The van der Waals surface area contributed by atoms with Crippen LogP contribution in [-0.2, 0) is 11.3 Å². The van der Waals surface area contributed by atoms with Gasteiger partial charge in [0.05, 0.1) is 3.57 Å². The second-order valence-corrected chi connectivity index (χ2v) is 4.50. The maximum absolute atomic E-state index is 11.7. The molecule has 1 heterocycles. The minimum absolute atomic E-state index is 0.0432. The second kappa shape index (κ2) is 4.73. The summed E-state index contributed by atoms with van der Waals surface area (Å²) in [6.07, 6.45) is 1.51. The molecule has 15 heavy (non-hydrogen) atoms. The Balaban J connectivity index is 3.10. The molecule has 0 unspecified atom stereocenters. The van der Waals surface area contributed by atoms with E-state index in [1.54, 1.807) is 21.0 Å². The maximum Gasteiger partial charge on any atom is 0.267 e. The summed E-state index contributed by atoms with van der Waals surface area (Å²) in [7, 11) is 3.31. The third kappa shape index (κ3) is 2.77. The van der Waals surface area contributed by atoms with E-state index in [-0.39, 0.29) is 18.0 Å². The van der Waals surface area contributed by atoms with Crippen molar-refractivity contribution >= 4 is 28.5 Å². The Bertz CT molecular complexity index is 439. The van der Waals surface area contributed by atoms with Gasteiger partial charge in [0.25, 0.3) is 5.56 Å². The van der Waals surface area contributed by atoms with Gasteiger partial charge >= 0.3 is 0 Å². The van der Waals surface area contributed by atoms with Gasteiger partial charge in [-0.25, -0.2) is 4.98 Å². The molecule has 0 N–H and O–H groups in total. The number of hydrogen-bond donors (Lipinski definition) is 0. The summed E-state index contributed by atoms with van der Waals surface area (Å²) < 4.78 is 1.90. The van der Waals surface area contributed by atoms with Crippen molar-refractivity contribution in [2.75, 3.05) is 14.1 Å². The molecule has 0 aromatic carbocycles. The molecule has 1 aromatic heterocycles. The highest BCUT2D eigenvalue weighted by atomic mass is 127. The number of rotatable bonds is 2. The Morgan fingerprint density at radius 1 is 1.60 bits per heavy atom. The summed E-state index contributed by atoms with van der Waals surface area (Å²) in [5.74, 6) is 0.430. The molecule has 0 aliphatic heterocycles. The first-order valence-corrected chi connectivity index (χ1v) is 5.43. The molecule has 0 aliphatic carbocycles. The minimum Gasteiger partial charge on any atom is -0.347 e. The van der Waals surface area contributed by atoms with Gasteiger partial charge in [0, 0.05) is 20.3 Å². The number of carbonyl (C=O) groups is 1. The molecule has 82 valence electrons. The van der Waals surface area contributed by atoms with Crippen LogP contribution in [0.1, 0.15) is 5.82 Å². The van der Waals surface area contributed by atoms with E-state index >= 15 is 0 Å². The second-order valence-electron chi connectivity index (χ2n) is 3.33. The third-order valence-corrected chi connectivity index (χ3v) is 2.74. The largest absolute Gasteiger partial charge is 0.347 e. The summed E-state index contributed by atoms with van der Waals surface area (Å²) in [5.41, 5.74) is -0.168. The third-order valence-electron chi connectivity index (χ3n) is 2.00. The van der Waals surface area contributed by atoms with Crippen molar-refractivity contribution in [3.63, 3.8) is 0 Å². The van der Waals surface area contributed by atoms with Crippen LogP contribution < -0.4 is 5.56 Å². The number of halogens is 1. The topological polar surface area (TPSA) is 55.2 Å². The fraction of sp³-hybridized carbons (Fsp3) is 0.444. The smallest absolute Gasteiger partial charge is 0.267 e. The average Bonchev–Trinajstić information content (AvgIpc) is 2.18. The quantitative estimate of drug-likeness (QED) is 0.734. The first-order chi connectivity index (χ1) is 6.93. The summed E-state index contributed by atoms with van der Waals surface area (Å²) in [6.45, 7) is 1.75. The van der Waals surface area contributed by atoms with Crippen LogP contribution in [-0.4, -0.2) is 34.5 Å². The lowest BCUT2D eigenvalue weighted by molar-refractivity contribution is -0.129. The van der Waals surface area contributed by atoms with Crippen molar-refractivity contribution in [1.82, 2.24) is 14.5 Å². The average molecular weight is 321 g/mol. The molecule has 1 rings (SSSR count). The fourth-order valence-electron chi connectivity index (χ4n) is 1.01. The first-order valence-electron chi connectivity index (χ1n) is 4.35. The SMILES string of the molecule is Cc1ncc(I)c(=O)n1CC(=O)N(C)C. The monoisotopic (exact) mass is 321 g/mol. The fourth-order valence-corrected chi connectivity index (χ4v) is 1.44. The molecule has 1 aromatic rings. The number of likely N-dealkylation sites (N-methyl/N-ethyl adjacent to an activating group) is 1. The van der Waals surface area contributed by atoms with Crippen LogP contribution in [0.15, 0.2) is 11.0 Å². The van der Waals surface area contributed by atoms with Gasteiger partial charge in [-0.3, -0.25) is 14.2 Å². The Hall–Kier alpha value is -0.920. The Kier molecular flexibility index (Phi) is 3.83. The zero-order valence-corrected chi connectivity index (χ0v) is 11.0. The van der Waals surface area contributed by atoms with Crippen LogP contribution in [0.3, 0.4) is 0 Å². The molecule has 0 spiro atoms. The molecule has 0 saturated heterocycles. The highest BCUT2D eigenvalue weighted by molar-refractivity contribution is 14.1. The molecular weight excluding hydrogens is 309 g/mol. The van der Waals surface area contributed by atoms with Crippen LogP contribution in [0, 0.1) is 10.5 Å². The Morgan fingerprint density at radius 3 is 2.73 bits per heavy atom. The minimum atomic E-state index is -0.168. The van der Waals surface area contributed by atoms with Gasteiger partial charge in [0.15, 0.2) is 0 Å². The molecule has 6 heteroatoms. The number of hydrogen-bond acceptors (Lipinski definition) is 3. The van der Waals surface area contributed by atoms with Gasteiger partial charge in [-0.05, 0) is 29.5 Å². The number of aromatic nitrogens is 2. The summed E-state index contributed by atoms with van der Waals surface area (Å²) in [6, 6.07) is 0. The lowest BCUT2D eigenvalue weighted by Gasteiger charge is -2.13. The molecule has 0 saturated carbocycles. The van der Waals surface area contributed by atoms with E-state index in [0.717, 1.165) is 0 Å². The van der Waals surface area contributed by atoms with Gasteiger partial charge in [0.2, 0.25) is 5.91 Å². The maximum atomic E-state index is 11.7. The van der Waals surface area contributed by atoms with E-state index in [0.29, 0.717) is 9.39 Å². The summed E-state index contributed by atoms with van der Waals surface area (Å²) in [4.78, 5) is 28.6. The zero-order chi connectivity index (χ0) is 11.6. The van der Waals surface area contributed by atoms with Gasteiger partial charge in [0.1, 0.15) is 12.4 Å². The molecule has 5 nitrogen and oxygen atoms in total. The van der Waals surface area contributed by atoms with Gasteiger partial charge in [-0.1, -0.05) is 0 Å². The van der Waals surface area contributed by atoms with Crippen molar-refractivity contribution < 1.29 is 4.79 Å². The zero-order valence-electron chi connectivity index (χ0n) is 8.82. The summed E-state index contributed by atoms with van der Waals surface area (Å²) >= 11 is 1.91. The van der Waals surface area contributed by atoms with Crippen LogP contribution in [0.25, 0.3) is 0 Å². The van der Waals surface area contributed by atoms with Crippen molar-refractivity contribution in [3.05, 3.63) is 25.9 Å². The highest BCUT2D eigenvalue weighted by Gasteiger charge is 2.10. The standard InChI is InChI=1S/C9H12IN3O2/c1-6-11-4-7(10)9(15)13(6)5-8(14)12(2)3/h4H,5H2,1-3H3. The molecule has 1 amide bonds.